The molecule has 1 aromatic carbocycles. The molecule has 0 heterocycles. The molecule has 0 aromatic heterocycles. The Kier molecular flexibility index (Phi) is 80.6. The molecule has 0 aliphatic carbocycles. The second kappa shape index (κ2) is 76.0. The number of alkyl carbamates (subject to hydrolysis) is 1. The van der Waals surface area contributed by atoms with Gasteiger partial charge in [-0.1, -0.05) is 75.8 Å². The van der Waals surface area contributed by atoms with E-state index in [0.717, 1.165) is 55.6 Å². The molecular weight excluding hydrogens is 1630 g/mol. The SMILES string of the molecule is C.C.C=CC(=O)OCCNC(=O)OCCOC(=O)C(C)(C)CC.CCC(C)(C)C(=O)Oc1ccc(C(=O)[N-]S(=O)(=O)C(F)(F)F)cc1.CCC(C)C(=O)OCCOCCOCCOCCOCCOCCOCCOCCOCCOCCOCCOCCOCCOC.CCCC[Si](C)(C)O[Si](C)(C)CCCOC(=O)C(C)(C)CC.[K+]. The predicted octanol–water partition coefficient (Wildman–Crippen LogP) is 10.1. The van der Waals surface area contributed by atoms with Crippen molar-refractivity contribution in [2.24, 2.45) is 22.2 Å². The number of ether oxygens (including phenoxy) is 19. The van der Waals surface area contributed by atoms with Crippen LogP contribution < -0.4 is 61.4 Å². The van der Waals surface area contributed by atoms with Crippen LogP contribution in [0.3, 0.4) is 0 Å². The number of amides is 2. The second-order valence-corrected chi connectivity index (χ2v) is 38.7. The Morgan fingerprint density at radius 3 is 1.13 bits per heavy atom. The van der Waals surface area contributed by atoms with Crippen LogP contribution in [0.2, 0.25) is 38.3 Å². The first-order valence-corrected chi connectivity index (χ1v) is 46.7. The molecule has 0 saturated carbocycles. The monoisotopic (exact) mass is 1770 g/mol. The van der Waals surface area contributed by atoms with Gasteiger partial charge in [-0.05, 0) is 136 Å². The molecule has 38 heteroatoms. The molecular formula is C79H148F3KN2O29SSi2. The number of methoxy groups -OCH3 is 1. The van der Waals surface area contributed by atoms with Gasteiger partial charge >= 0.3 is 92.8 Å². The van der Waals surface area contributed by atoms with Crippen molar-refractivity contribution in [3.05, 3.63) is 47.2 Å². The number of carbonyl (C=O) groups is 7. The van der Waals surface area contributed by atoms with E-state index in [4.69, 9.17) is 89.4 Å². The van der Waals surface area contributed by atoms with E-state index in [1.54, 1.807) is 41.7 Å². The Morgan fingerprint density at radius 1 is 0.470 bits per heavy atom. The summed E-state index contributed by atoms with van der Waals surface area (Å²) in [5.74, 6) is -3.25. The van der Waals surface area contributed by atoms with E-state index in [-0.39, 0.29) is 134 Å². The van der Waals surface area contributed by atoms with Crippen molar-refractivity contribution in [1.29, 1.82) is 0 Å². The van der Waals surface area contributed by atoms with Crippen LogP contribution in [0.4, 0.5) is 18.0 Å². The van der Waals surface area contributed by atoms with Gasteiger partial charge in [0.1, 0.15) is 32.2 Å². The van der Waals surface area contributed by atoms with E-state index in [0.29, 0.717) is 185 Å². The van der Waals surface area contributed by atoms with Crippen molar-refractivity contribution in [3.8, 4) is 5.75 Å². The maximum Gasteiger partial charge on any atom is 1.00 e. The van der Waals surface area contributed by atoms with Crippen LogP contribution in [0.1, 0.15) is 153 Å². The number of rotatable bonds is 66. The third kappa shape index (κ3) is 72.5. The van der Waals surface area contributed by atoms with E-state index >= 15 is 0 Å². The van der Waals surface area contributed by atoms with E-state index in [9.17, 15) is 55.2 Å². The molecule has 0 spiro atoms. The Hall–Kier alpha value is -3.70. The Bertz CT molecular complexity index is 2780. The van der Waals surface area contributed by atoms with Crippen LogP contribution in [-0.2, 0) is 123 Å². The first kappa shape index (κ1) is 124. The van der Waals surface area contributed by atoms with Crippen LogP contribution in [0, 0.1) is 22.2 Å². The molecule has 1 unspecified atom stereocenters. The van der Waals surface area contributed by atoms with Gasteiger partial charge in [0.05, 0.1) is 206 Å². The summed E-state index contributed by atoms with van der Waals surface area (Å²) in [6.45, 7) is 48.5. The third-order valence-electron chi connectivity index (χ3n) is 16.3. The number of hydrogen-bond acceptors (Lipinski definition) is 29. The van der Waals surface area contributed by atoms with Crippen LogP contribution in [-0.4, -0.2) is 284 Å². The van der Waals surface area contributed by atoms with E-state index < -0.39 is 72.5 Å². The fourth-order valence-electron chi connectivity index (χ4n) is 7.92. The summed E-state index contributed by atoms with van der Waals surface area (Å²) in [7, 11) is -7.43. The molecule has 0 radical (unpaired) electrons. The van der Waals surface area contributed by atoms with Gasteiger partial charge in [-0.2, -0.15) is 13.2 Å². The number of hydrogen-bond donors (Lipinski definition) is 1. The van der Waals surface area contributed by atoms with Gasteiger partial charge in [0.25, 0.3) is 0 Å². The molecule has 0 aliphatic rings. The average molecular weight is 1770 g/mol. The Labute approximate surface area is 742 Å². The van der Waals surface area contributed by atoms with Gasteiger partial charge in [-0.25, -0.2) is 18.0 Å². The third-order valence-corrected chi connectivity index (χ3v) is 24.8. The Balaban J connectivity index is -0.000000373. The van der Waals surface area contributed by atoms with Crippen LogP contribution in [0.5, 0.6) is 5.75 Å². The second-order valence-electron chi connectivity index (χ2n) is 28.3. The smallest absolute Gasteiger partial charge is 0.534 e. The number of esters is 5. The van der Waals surface area contributed by atoms with Crippen molar-refractivity contribution in [2.45, 2.75) is 187 Å². The molecule has 31 nitrogen and oxygen atoms in total. The number of nitrogens with zero attached hydrogens (tertiary/aromatic N) is 1. The first-order chi connectivity index (χ1) is 53.8. The maximum atomic E-state index is 12.2. The number of carbonyl (C=O) groups excluding carboxylic acids is 7. The topological polar surface area (TPSA) is 364 Å². The minimum absolute atomic E-state index is 0. The number of sulfonamides is 1. The van der Waals surface area contributed by atoms with Gasteiger partial charge in [-0.15, -0.1) is 0 Å². The van der Waals surface area contributed by atoms with Crippen LogP contribution >= 0.6 is 0 Å². The van der Waals surface area contributed by atoms with E-state index in [1.807, 2.05) is 41.5 Å². The van der Waals surface area contributed by atoms with Gasteiger partial charge in [-0.3, -0.25) is 19.2 Å². The van der Waals surface area contributed by atoms with Crippen molar-refractivity contribution >= 4 is 68.5 Å². The zero-order valence-electron chi connectivity index (χ0n) is 72.3. The number of unbranched alkanes of at least 4 members (excludes halogenated alkanes) is 1. The average Bonchev–Trinajstić information content (AvgIpc) is 0.823. The summed E-state index contributed by atoms with van der Waals surface area (Å²) in [5, 5.41) is 2.38. The minimum Gasteiger partial charge on any atom is -0.534 e. The molecule has 0 bridgehead atoms. The zero-order valence-corrected chi connectivity index (χ0v) is 78.2. The molecule has 0 aliphatic heterocycles. The fraction of sp³-hybridized carbons (Fsp3) is 0.810. The molecule has 0 fully saturated rings. The predicted molar refractivity (Wildman–Crippen MR) is 440 cm³/mol. The minimum atomic E-state index is -5.91. The summed E-state index contributed by atoms with van der Waals surface area (Å²) in [6, 6.07) is 6.66. The molecule has 117 heavy (non-hydrogen) atoms. The van der Waals surface area contributed by atoms with Crippen LogP contribution in [0.15, 0.2) is 36.9 Å². The Morgan fingerprint density at radius 2 is 0.795 bits per heavy atom. The van der Waals surface area contributed by atoms with E-state index in [1.165, 1.54) is 18.9 Å². The van der Waals surface area contributed by atoms with Crippen molar-refractivity contribution in [3.63, 3.8) is 0 Å². The molecule has 2 amide bonds. The van der Waals surface area contributed by atoms with Crippen molar-refractivity contribution in [1.82, 2.24) is 5.32 Å². The number of alkyl halides is 3. The fourth-order valence-corrected chi connectivity index (χ4v) is 17.3. The standard InChI is InChI=1S/C32H64O15.C17H38O3Si2.C14H16F3NO5S.C14H23NO6.2CH4.K/c1-4-31(2)32(33)47-30-29-46-28-27-45-26-25-44-24-23-43-22-21-42-20-19-41-18-17-40-16-15-39-14-13-38-12-11-37-10-9-36-8-7-35-6-5-34-3;1-9-11-14-21(5,6)20-22(7,8)15-12-13-19-16(18)17(3,4)10-2;1-4-13(2,3)12(20)23-10-7-5-9(6-8-10)11(19)18-24(21,22)14(15,16)17;1-5-11(16)19-8-7-15-13(18)21-10-9-20-12(17)14(3,4)6-2;;;/h31H,4-30H2,1-3H3;9-15H2,1-8H3;5-8H,4H2,1-3H3,(H,18,19);5H,1,6-10H2,2-4H3,(H,15,18);2*1H4;/q;;;;;;+1/p-1. The quantitative estimate of drug-likeness (QED) is 0.0158. The van der Waals surface area contributed by atoms with Gasteiger partial charge < -0.3 is 109 Å². The molecule has 1 aromatic rings. The number of benzene rings is 1. The van der Waals surface area contributed by atoms with Crippen molar-refractivity contribution in [2.75, 3.05) is 212 Å². The van der Waals surface area contributed by atoms with Gasteiger partial charge in [0.15, 0.2) is 26.7 Å². The first-order valence-electron chi connectivity index (χ1n) is 39.0. The van der Waals surface area contributed by atoms with Gasteiger partial charge in [0.2, 0.25) is 0 Å². The summed E-state index contributed by atoms with van der Waals surface area (Å²) in [4.78, 5) is 80.3. The summed E-state index contributed by atoms with van der Waals surface area (Å²) < 4.78 is 167. The van der Waals surface area contributed by atoms with Gasteiger partial charge in [0, 0.05) is 18.7 Å². The molecule has 1 atom stereocenters. The molecule has 684 valence electrons. The van der Waals surface area contributed by atoms with Crippen LogP contribution in [0.25, 0.3) is 4.72 Å². The summed E-state index contributed by atoms with van der Waals surface area (Å²) in [6.07, 6.45) is 6.56. The van der Waals surface area contributed by atoms with E-state index in [2.05, 4.69) is 54.5 Å². The normalized spacial score (nSPS) is 11.8. The zero-order chi connectivity index (χ0) is 86.6. The largest absolute Gasteiger partial charge is 1.00 e. The summed E-state index contributed by atoms with van der Waals surface area (Å²) >= 11 is 0. The number of halogens is 3. The molecule has 1 N–H and O–H groups in total. The molecule has 1 rings (SSSR count). The summed E-state index contributed by atoms with van der Waals surface area (Å²) in [5.41, 5.74) is -7.68. The maximum absolute atomic E-state index is 12.2. The van der Waals surface area contributed by atoms with Crippen molar-refractivity contribution < 1.29 is 201 Å². The number of nitrogens with one attached hydrogen (secondary N) is 1. The molecule has 0 saturated heterocycles.